The van der Waals surface area contributed by atoms with Crippen LogP contribution in [0.1, 0.15) is 17.5 Å². The van der Waals surface area contributed by atoms with Crippen molar-refractivity contribution in [3.8, 4) is 5.75 Å². The topological polar surface area (TPSA) is 36.0 Å². The van der Waals surface area contributed by atoms with Gasteiger partial charge in [-0.05, 0) is 35.4 Å². The van der Waals surface area contributed by atoms with Crippen LogP contribution >= 0.6 is 0 Å². The summed E-state index contributed by atoms with van der Waals surface area (Å²) in [4.78, 5) is 18.9. The van der Waals surface area contributed by atoms with Crippen molar-refractivity contribution in [1.82, 2.24) is 9.80 Å². The Labute approximate surface area is 174 Å². The number of carbonyl (C=O) groups excluding carboxylic acids is 1. The molecular formula is C24H31N3O2. The maximum absolute atomic E-state index is 12.5. The molecule has 0 N–H and O–H groups in total. The fourth-order valence-electron chi connectivity index (χ4n) is 3.47. The minimum atomic E-state index is 0.221. The van der Waals surface area contributed by atoms with Crippen LogP contribution in [-0.2, 0) is 11.3 Å². The number of amides is 1. The molecule has 0 radical (unpaired) electrons. The zero-order valence-electron chi connectivity index (χ0n) is 17.7. The van der Waals surface area contributed by atoms with Crippen molar-refractivity contribution in [1.29, 1.82) is 0 Å². The Morgan fingerprint density at radius 3 is 2.59 bits per heavy atom. The maximum atomic E-state index is 12.5. The summed E-state index contributed by atoms with van der Waals surface area (Å²) < 4.78 is 5.29. The molecule has 0 saturated carbocycles. The average molecular weight is 394 g/mol. The first-order valence-corrected chi connectivity index (χ1v) is 10.1. The van der Waals surface area contributed by atoms with E-state index in [1.54, 1.807) is 7.11 Å². The summed E-state index contributed by atoms with van der Waals surface area (Å²) in [6.45, 7) is 3.94. The Balaban J connectivity index is 1.52. The van der Waals surface area contributed by atoms with Crippen LogP contribution in [0.3, 0.4) is 0 Å². The summed E-state index contributed by atoms with van der Waals surface area (Å²) in [5.74, 6) is 1.05. The van der Waals surface area contributed by atoms with Crippen molar-refractivity contribution in [3.63, 3.8) is 0 Å². The van der Waals surface area contributed by atoms with Crippen LogP contribution in [0.15, 0.2) is 54.6 Å². The molecule has 1 aliphatic heterocycles. The van der Waals surface area contributed by atoms with E-state index in [9.17, 15) is 4.79 Å². The molecule has 1 saturated heterocycles. The second kappa shape index (κ2) is 10.1. The first-order chi connectivity index (χ1) is 14.0. The summed E-state index contributed by atoms with van der Waals surface area (Å²) in [6, 6.07) is 16.5. The highest BCUT2D eigenvalue weighted by molar-refractivity contribution is 5.76. The number of methoxy groups -OCH3 is 1. The lowest BCUT2D eigenvalue weighted by Gasteiger charge is -2.21. The molecule has 29 heavy (non-hydrogen) atoms. The van der Waals surface area contributed by atoms with Crippen molar-refractivity contribution in [2.24, 2.45) is 0 Å². The van der Waals surface area contributed by atoms with E-state index in [1.165, 1.54) is 11.3 Å². The van der Waals surface area contributed by atoms with Gasteiger partial charge in [-0.3, -0.25) is 9.69 Å². The lowest BCUT2D eigenvalue weighted by molar-refractivity contribution is -0.130. The van der Waals surface area contributed by atoms with E-state index in [0.29, 0.717) is 13.0 Å². The molecule has 5 nitrogen and oxygen atoms in total. The van der Waals surface area contributed by atoms with Gasteiger partial charge in [-0.15, -0.1) is 0 Å². The van der Waals surface area contributed by atoms with Crippen molar-refractivity contribution >= 4 is 17.7 Å². The summed E-state index contributed by atoms with van der Waals surface area (Å²) >= 11 is 0. The number of nitrogens with zero attached hydrogens (tertiary/aromatic N) is 3. The van der Waals surface area contributed by atoms with Gasteiger partial charge in [0.25, 0.3) is 0 Å². The third-order valence-electron chi connectivity index (χ3n) is 5.27. The summed E-state index contributed by atoms with van der Waals surface area (Å²) in [5.41, 5.74) is 3.50. The van der Waals surface area contributed by atoms with Crippen molar-refractivity contribution in [2.45, 2.75) is 13.0 Å². The van der Waals surface area contributed by atoms with E-state index in [1.807, 2.05) is 43.3 Å². The van der Waals surface area contributed by atoms with Crippen LogP contribution in [0.2, 0.25) is 0 Å². The summed E-state index contributed by atoms with van der Waals surface area (Å²) in [7, 11) is 5.75. The van der Waals surface area contributed by atoms with E-state index < -0.39 is 0 Å². The van der Waals surface area contributed by atoms with E-state index in [-0.39, 0.29) is 5.91 Å². The molecule has 2 aromatic rings. The largest absolute Gasteiger partial charge is 0.497 e. The van der Waals surface area contributed by atoms with Crippen LogP contribution < -0.4 is 9.64 Å². The van der Waals surface area contributed by atoms with Crippen LogP contribution in [0, 0.1) is 0 Å². The van der Waals surface area contributed by atoms with Crippen LogP contribution in [0.5, 0.6) is 5.75 Å². The zero-order chi connectivity index (χ0) is 20.6. The van der Waals surface area contributed by atoms with Crippen molar-refractivity contribution < 1.29 is 9.53 Å². The van der Waals surface area contributed by atoms with Gasteiger partial charge in [0.05, 0.1) is 7.11 Å². The smallest absolute Gasteiger partial charge is 0.224 e. The fourth-order valence-corrected chi connectivity index (χ4v) is 3.47. The second-order valence-corrected chi connectivity index (χ2v) is 7.61. The molecule has 0 aliphatic carbocycles. The molecule has 0 unspecified atom stereocenters. The quantitative estimate of drug-likeness (QED) is 0.721. The third-order valence-corrected chi connectivity index (χ3v) is 5.27. The molecular weight excluding hydrogens is 362 g/mol. The number of hydrogen-bond acceptors (Lipinski definition) is 4. The van der Waals surface area contributed by atoms with E-state index >= 15 is 0 Å². The minimum Gasteiger partial charge on any atom is -0.497 e. The molecule has 3 rings (SSSR count). The van der Waals surface area contributed by atoms with Gasteiger partial charge >= 0.3 is 0 Å². The molecule has 0 spiro atoms. The SMILES string of the molecule is COc1cccc(CN2CCN(CC=Cc3ccc(N(C)C)cc3)CCC2=O)c1. The Kier molecular flexibility index (Phi) is 7.30. The number of carbonyl (C=O) groups is 1. The lowest BCUT2D eigenvalue weighted by Crippen LogP contribution is -2.32. The van der Waals surface area contributed by atoms with Crippen molar-refractivity contribution in [2.75, 3.05) is 52.3 Å². The van der Waals surface area contributed by atoms with Gasteiger partial charge in [-0.2, -0.15) is 0 Å². The van der Waals surface area contributed by atoms with Crippen LogP contribution in [0.4, 0.5) is 5.69 Å². The van der Waals surface area contributed by atoms with Crippen molar-refractivity contribution in [3.05, 3.63) is 65.7 Å². The Hall–Kier alpha value is -2.79. The highest BCUT2D eigenvalue weighted by atomic mass is 16.5. The predicted molar refractivity (Wildman–Crippen MR) is 119 cm³/mol. The summed E-state index contributed by atoms with van der Waals surface area (Å²) in [6.07, 6.45) is 4.91. The normalized spacial score (nSPS) is 15.6. The standard InChI is InChI=1S/C24H31N3O2/c1-25(2)22-11-9-20(10-12-22)7-5-14-26-15-13-24(28)27(17-16-26)19-21-6-4-8-23(18-21)29-3/h4-12,18H,13-17,19H2,1-3H3. The Bertz CT molecular complexity index is 830. The lowest BCUT2D eigenvalue weighted by atomic mass is 10.2. The number of rotatable bonds is 7. The first kappa shape index (κ1) is 20.9. The van der Waals surface area contributed by atoms with Gasteiger partial charge in [0.1, 0.15) is 5.75 Å². The molecule has 0 aromatic heterocycles. The molecule has 1 heterocycles. The van der Waals surface area contributed by atoms with Gasteiger partial charge in [-0.25, -0.2) is 0 Å². The Morgan fingerprint density at radius 2 is 1.86 bits per heavy atom. The van der Waals surface area contributed by atoms with Gasteiger partial charge in [-0.1, -0.05) is 36.4 Å². The van der Waals surface area contributed by atoms with Crippen LogP contribution in [-0.4, -0.2) is 63.1 Å². The number of ether oxygens (including phenoxy) is 1. The molecule has 5 heteroatoms. The van der Waals surface area contributed by atoms with Gasteiger partial charge in [0, 0.05) is 58.9 Å². The summed E-state index contributed by atoms with van der Waals surface area (Å²) in [5, 5.41) is 0. The second-order valence-electron chi connectivity index (χ2n) is 7.61. The minimum absolute atomic E-state index is 0.221. The van der Waals surface area contributed by atoms with E-state index in [2.05, 4.69) is 46.2 Å². The fraction of sp³-hybridized carbons (Fsp3) is 0.375. The van der Waals surface area contributed by atoms with Gasteiger partial charge in [0.15, 0.2) is 0 Å². The molecule has 1 fully saturated rings. The number of hydrogen-bond donors (Lipinski definition) is 0. The van der Waals surface area contributed by atoms with Gasteiger partial charge < -0.3 is 14.5 Å². The average Bonchev–Trinajstić information content (AvgIpc) is 2.90. The third kappa shape index (κ3) is 6.09. The van der Waals surface area contributed by atoms with E-state index in [4.69, 9.17) is 4.74 Å². The molecule has 1 aliphatic rings. The molecule has 154 valence electrons. The first-order valence-electron chi connectivity index (χ1n) is 10.1. The molecule has 1 amide bonds. The molecule has 0 atom stereocenters. The maximum Gasteiger partial charge on any atom is 0.224 e. The number of benzene rings is 2. The number of anilines is 1. The predicted octanol–water partition coefficient (Wildman–Crippen LogP) is 3.51. The highest BCUT2D eigenvalue weighted by Gasteiger charge is 2.20. The Morgan fingerprint density at radius 1 is 1.07 bits per heavy atom. The van der Waals surface area contributed by atoms with Gasteiger partial charge in [0.2, 0.25) is 5.91 Å². The van der Waals surface area contributed by atoms with Crippen LogP contribution in [0.25, 0.3) is 6.08 Å². The molecule has 0 bridgehead atoms. The monoisotopic (exact) mass is 393 g/mol. The molecule has 2 aromatic carbocycles. The zero-order valence-corrected chi connectivity index (χ0v) is 17.7. The highest BCUT2D eigenvalue weighted by Crippen LogP contribution is 2.16. The van der Waals surface area contributed by atoms with E-state index in [0.717, 1.165) is 37.5 Å².